The molecule has 0 atom stereocenters. The monoisotopic (exact) mass is 430 g/mol. The second kappa shape index (κ2) is 12.7. The molecule has 1 fully saturated rings. The summed E-state index contributed by atoms with van der Waals surface area (Å²) in [5.74, 6) is 0.182. The minimum atomic E-state index is -0.622. The maximum Gasteiger partial charge on any atom is 0.261 e. The van der Waals surface area contributed by atoms with Crippen LogP contribution >= 0.6 is 0 Å². The third-order valence-corrected chi connectivity index (χ3v) is 6.32. The number of hydrogen-bond donors (Lipinski definition) is 0. The summed E-state index contributed by atoms with van der Waals surface area (Å²) in [4.78, 5) is 30.5. The molecule has 0 unspecified atom stereocenters. The molecule has 2 rings (SSSR count). The second-order valence-electron chi connectivity index (χ2n) is 9.16. The van der Waals surface area contributed by atoms with Crippen molar-refractivity contribution < 1.29 is 14.0 Å². The van der Waals surface area contributed by atoms with Gasteiger partial charge in [0.2, 0.25) is 0 Å². The highest BCUT2D eigenvalue weighted by Gasteiger charge is 2.47. The molecule has 0 bridgehead atoms. The maximum atomic E-state index is 13.4. The van der Waals surface area contributed by atoms with Crippen LogP contribution in [0.1, 0.15) is 104 Å². The van der Waals surface area contributed by atoms with Crippen molar-refractivity contribution in [1.82, 2.24) is 9.80 Å². The van der Waals surface area contributed by atoms with Crippen LogP contribution in [0.3, 0.4) is 0 Å². The van der Waals surface area contributed by atoms with Crippen LogP contribution in [-0.2, 0) is 9.59 Å². The molecule has 0 aliphatic carbocycles. The van der Waals surface area contributed by atoms with E-state index in [0.717, 1.165) is 25.7 Å². The topological polar surface area (TPSA) is 53.8 Å². The Labute approximate surface area is 188 Å². The summed E-state index contributed by atoms with van der Waals surface area (Å²) >= 11 is 0. The first-order chi connectivity index (χ1) is 14.9. The van der Waals surface area contributed by atoms with Crippen molar-refractivity contribution in [3.63, 3.8) is 0 Å². The minimum Gasteiger partial charge on any atom is -0.465 e. The first-order valence-electron chi connectivity index (χ1n) is 12.3. The fourth-order valence-electron chi connectivity index (χ4n) is 4.34. The molecule has 5 nitrogen and oxygen atoms in total. The van der Waals surface area contributed by atoms with Gasteiger partial charge in [-0.1, -0.05) is 71.6 Å². The fraction of sp³-hybridized carbons (Fsp3) is 0.692. The maximum absolute atomic E-state index is 13.4. The fourth-order valence-corrected chi connectivity index (χ4v) is 4.34. The predicted molar refractivity (Wildman–Crippen MR) is 126 cm³/mol. The molecule has 1 aliphatic rings. The zero-order chi connectivity index (χ0) is 22.7. The average Bonchev–Trinajstić information content (AvgIpc) is 3.25. The predicted octanol–water partition coefficient (Wildman–Crippen LogP) is 6.40. The Bertz CT molecular complexity index is 706. The number of rotatable bonds is 14. The number of unbranched alkanes of at least 4 members (excludes halogenated alkanes) is 9. The van der Waals surface area contributed by atoms with Gasteiger partial charge in [0.25, 0.3) is 11.8 Å². The highest BCUT2D eigenvalue weighted by atomic mass is 16.3. The molecule has 0 saturated carbocycles. The molecule has 2 heterocycles. The molecule has 5 heteroatoms. The van der Waals surface area contributed by atoms with E-state index in [9.17, 15) is 9.59 Å². The minimum absolute atomic E-state index is 0.179. The Morgan fingerprint density at radius 1 is 0.806 bits per heavy atom. The first-order valence-corrected chi connectivity index (χ1v) is 12.3. The van der Waals surface area contributed by atoms with E-state index in [1.807, 2.05) is 23.6 Å². The van der Waals surface area contributed by atoms with Gasteiger partial charge in [0.15, 0.2) is 0 Å². The molecule has 1 aliphatic heterocycles. The van der Waals surface area contributed by atoms with E-state index >= 15 is 0 Å². The number of hydrogen-bond acceptors (Lipinski definition) is 3. The smallest absolute Gasteiger partial charge is 0.261 e. The van der Waals surface area contributed by atoms with Gasteiger partial charge < -0.3 is 14.2 Å². The van der Waals surface area contributed by atoms with Crippen LogP contribution in [-0.4, -0.2) is 40.4 Å². The summed E-state index contributed by atoms with van der Waals surface area (Å²) in [7, 11) is 0. The van der Waals surface area contributed by atoms with Crippen LogP contribution in [0.4, 0.5) is 0 Å². The summed E-state index contributed by atoms with van der Waals surface area (Å²) < 4.78 is 5.40. The van der Waals surface area contributed by atoms with E-state index in [-0.39, 0.29) is 17.4 Å². The van der Waals surface area contributed by atoms with Crippen LogP contribution in [0.25, 0.3) is 6.08 Å². The molecule has 2 amide bonds. The van der Waals surface area contributed by atoms with Crippen molar-refractivity contribution in [1.29, 1.82) is 0 Å². The van der Waals surface area contributed by atoms with Gasteiger partial charge in [-0.05, 0) is 44.9 Å². The van der Waals surface area contributed by atoms with Crippen molar-refractivity contribution in [3.05, 3.63) is 29.7 Å². The molecular formula is C26H42N2O3. The molecule has 0 aromatic carbocycles. The summed E-state index contributed by atoms with van der Waals surface area (Å²) in [5.41, 5.74) is -0.406. The van der Waals surface area contributed by atoms with Gasteiger partial charge >= 0.3 is 0 Å². The highest BCUT2D eigenvalue weighted by molar-refractivity contribution is 6.23. The lowest BCUT2D eigenvalue weighted by Crippen LogP contribution is -2.66. The van der Waals surface area contributed by atoms with Gasteiger partial charge in [0.1, 0.15) is 17.0 Å². The number of furan rings is 1. The second-order valence-corrected chi connectivity index (χ2v) is 9.16. The van der Waals surface area contributed by atoms with Crippen molar-refractivity contribution in [3.8, 4) is 0 Å². The first kappa shape index (κ1) is 25.2. The molecule has 1 aromatic heterocycles. The third-order valence-electron chi connectivity index (χ3n) is 6.32. The van der Waals surface area contributed by atoms with Gasteiger partial charge in [-0.2, -0.15) is 0 Å². The quantitative estimate of drug-likeness (QED) is 0.195. The molecular weight excluding hydrogens is 388 g/mol. The van der Waals surface area contributed by atoms with Crippen LogP contribution in [0.5, 0.6) is 0 Å². The summed E-state index contributed by atoms with van der Waals surface area (Å²) in [6.07, 6.45) is 15.9. The summed E-state index contributed by atoms with van der Waals surface area (Å²) in [6.45, 7) is 9.79. The Kier molecular flexibility index (Phi) is 10.4. The normalized spacial score (nSPS) is 17.7. The lowest BCUT2D eigenvalue weighted by molar-refractivity contribution is -0.160. The van der Waals surface area contributed by atoms with Crippen molar-refractivity contribution in [2.45, 2.75) is 104 Å². The standard InChI is InChI=1S/C26H42N2O3/c1-5-7-9-11-13-15-19-28-25(30)23(21-22-17-16-20-31-22)24(29)27(26(28,3)4)18-14-12-10-8-6-2/h16-17,20-21H,5-15,18-19H2,1-4H3/b23-21-. The van der Waals surface area contributed by atoms with Crippen LogP contribution in [0.2, 0.25) is 0 Å². The highest BCUT2D eigenvalue weighted by Crippen LogP contribution is 2.32. The van der Waals surface area contributed by atoms with Crippen LogP contribution in [0, 0.1) is 0 Å². The Hall–Kier alpha value is -2.04. The van der Waals surface area contributed by atoms with Gasteiger partial charge in [0, 0.05) is 13.1 Å². The number of nitrogens with zero attached hydrogens (tertiary/aromatic N) is 2. The summed E-state index contributed by atoms with van der Waals surface area (Å²) in [5, 5.41) is 0. The number of carbonyl (C=O) groups excluding carboxylic acids is 2. The van der Waals surface area contributed by atoms with Gasteiger partial charge in [-0.3, -0.25) is 9.59 Å². The van der Waals surface area contributed by atoms with Gasteiger partial charge in [-0.15, -0.1) is 0 Å². The Morgan fingerprint density at radius 2 is 1.29 bits per heavy atom. The molecule has 0 radical (unpaired) electrons. The van der Waals surface area contributed by atoms with Crippen molar-refractivity contribution >= 4 is 17.9 Å². The Balaban J connectivity index is 2.15. The average molecular weight is 431 g/mol. The van der Waals surface area contributed by atoms with Gasteiger partial charge in [0.05, 0.1) is 6.26 Å². The van der Waals surface area contributed by atoms with E-state index < -0.39 is 5.66 Å². The zero-order valence-electron chi connectivity index (χ0n) is 20.1. The molecule has 0 N–H and O–H groups in total. The Morgan fingerprint density at radius 3 is 1.74 bits per heavy atom. The van der Waals surface area contributed by atoms with Crippen LogP contribution in [0.15, 0.2) is 28.4 Å². The summed E-state index contributed by atoms with van der Waals surface area (Å²) in [6, 6.07) is 3.55. The van der Waals surface area contributed by atoms with E-state index in [2.05, 4.69) is 13.8 Å². The molecule has 31 heavy (non-hydrogen) atoms. The molecule has 1 saturated heterocycles. The van der Waals surface area contributed by atoms with E-state index in [1.54, 1.807) is 24.5 Å². The SMILES string of the molecule is CCCCCCCCN1C(=O)/C(=C\c2ccco2)C(=O)N(CCCCCCC)C1(C)C. The number of carbonyl (C=O) groups is 2. The van der Waals surface area contributed by atoms with Crippen molar-refractivity contribution in [2.24, 2.45) is 0 Å². The molecule has 174 valence electrons. The van der Waals surface area contributed by atoms with Crippen LogP contribution < -0.4 is 0 Å². The lowest BCUT2D eigenvalue weighted by atomic mass is 9.98. The van der Waals surface area contributed by atoms with E-state index in [4.69, 9.17) is 4.42 Å². The molecule has 0 spiro atoms. The zero-order valence-corrected chi connectivity index (χ0v) is 20.1. The van der Waals surface area contributed by atoms with E-state index in [1.165, 1.54) is 44.9 Å². The molecule has 1 aromatic rings. The lowest BCUT2D eigenvalue weighted by Gasteiger charge is -2.50. The van der Waals surface area contributed by atoms with E-state index in [0.29, 0.717) is 18.8 Å². The van der Waals surface area contributed by atoms with Gasteiger partial charge in [-0.25, -0.2) is 0 Å². The number of amides is 2. The third kappa shape index (κ3) is 6.98. The van der Waals surface area contributed by atoms with Crippen molar-refractivity contribution in [2.75, 3.05) is 13.1 Å². The largest absolute Gasteiger partial charge is 0.465 e.